The molecular weight excluding hydrogens is 125 g/mol. The number of rotatable bonds is 0. The van der Waals surface area contributed by atoms with Gasteiger partial charge in [0.1, 0.15) is 0 Å². The fraction of sp³-hybridized carbons (Fsp3) is 0.200. The van der Waals surface area contributed by atoms with E-state index in [1.807, 2.05) is 0 Å². The van der Waals surface area contributed by atoms with E-state index in [-0.39, 0.29) is 5.56 Å². The number of H-pyrrole nitrogens is 2. The van der Waals surface area contributed by atoms with E-state index in [1.165, 1.54) is 6.20 Å². The Morgan fingerprint density at radius 1 is 1.44 bits per heavy atom. The lowest BCUT2D eigenvalue weighted by atomic mass is 11.3. The van der Waals surface area contributed by atoms with E-state index in [2.05, 4.69) is 9.97 Å². The molecular formula is C5H6N2O2. The molecule has 1 aromatic heterocycles. The molecule has 1 aromatic rings. The predicted octanol–water partition coefficient (Wildman–Crippen LogP) is -0.628. The predicted molar refractivity (Wildman–Crippen MR) is 32.4 cm³/mol. The summed E-state index contributed by atoms with van der Waals surface area (Å²) < 4.78 is 0. The highest BCUT2D eigenvalue weighted by molar-refractivity contribution is 4.98. The average Bonchev–Trinajstić information content (AvgIpc) is 1.80. The fourth-order valence-electron chi connectivity index (χ4n) is 0.477. The molecule has 4 nitrogen and oxygen atoms in total. The third-order valence-electron chi connectivity index (χ3n) is 1.00. The van der Waals surface area contributed by atoms with Crippen LogP contribution in [0.25, 0.3) is 0 Å². The summed E-state index contributed by atoms with van der Waals surface area (Å²) in [7, 11) is 0. The van der Waals surface area contributed by atoms with Gasteiger partial charge in [-0.1, -0.05) is 0 Å². The third-order valence-corrected chi connectivity index (χ3v) is 1.00. The molecule has 0 aromatic carbocycles. The van der Waals surface area contributed by atoms with Crippen LogP contribution in [0.1, 0.15) is 5.56 Å². The minimum absolute atomic E-state index is 0.334. The summed E-state index contributed by atoms with van der Waals surface area (Å²) in [6, 6.07) is 0. The lowest BCUT2D eigenvalue weighted by Gasteiger charge is -1.84. The number of aryl methyl sites for hydroxylation is 1. The number of aromatic nitrogens is 2. The largest absolute Gasteiger partial charge is 0.325 e. The number of nitrogens with one attached hydrogen (secondary N) is 2. The van der Waals surface area contributed by atoms with Gasteiger partial charge in [0.2, 0.25) is 0 Å². The van der Waals surface area contributed by atoms with Gasteiger partial charge in [0.05, 0.1) is 0 Å². The monoisotopic (exact) mass is 131 g/mol. The quantitative estimate of drug-likeness (QED) is 0.460. The first-order valence-corrected chi connectivity index (χ1v) is 2.49. The molecule has 48 valence electrons. The summed E-state index contributed by atoms with van der Waals surface area (Å²) in [6.07, 6.45) is 1.38. The molecule has 4 heteroatoms. The van der Waals surface area contributed by atoms with Crippen molar-refractivity contribution in [3.8, 4) is 0 Å². The van der Waals surface area contributed by atoms with Crippen LogP contribution in [0.4, 0.5) is 0 Å². The molecule has 0 aliphatic carbocycles. The molecule has 0 saturated carbocycles. The van der Waals surface area contributed by atoms with Gasteiger partial charge in [0.25, 0.3) is 5.56 Å². The Labute approximate surface area is 50.6 Å². The van der Waals surface area contributed by atoms with Crippen LogP contribution >= 0.6 is 0 Å². The van der Waals surface area contributed by atoms with E-state index >= 15 is 0 Å². The van der Waals surface area contributed by atoms with Crippen LogP contribution in [-0.4, -0.2) is 9.97 Å². The van der Waals surface area contributed by atoms with Gasteiger partial charge in [0, 0.05) is 11.8 Å². The zero-order valence-corrected chi connectivity index (χ0v) is 4.89. The van der Waals surface area contributed by atoms with Gasteiger partial charge >= 0.3 is 5.69 Å². The van der Waals surface area contributed by atoms with E-state index in [1.54, 1.807) is 6.92 Å². The molecule has 0 saturated heterocycles. The topological polar surface area (TPSA) is 65.7 Å². The van der Waals surface area contributed by atoms with Gasteiger partial charge in [-0.2, -0.15) is 0 Å². The maximum absolute atomic E-state index is 10.6. The van der Waals surface area contributed by atoms with E-state index in [0.717, 1.165) is 0 Å². The Morgan fingerprint density at radius 3 is 2.56 bits per heavy atom. The highest BCUT2D eigenvalue weighted by Crippen LogP contribution is 1.73. The molecule has 2 N–H and O–H groups in total. The van der Waals surface area contributed by atoms with E-state index < -0.39 is 5.69 Å². The van der Waals surface area contributed by atoms with Gasteiger partial charge < -0.3 is 4.98 Å². The molecule has 0 atom stereocenters. The number of hydrogen-bond donors (Lipinski definition) is 2. The van der Waals surface area contributed by atoms with Crippen molar-refractivity contribution in [2.24, 2.45) is 0 Å². The molecule has 1 heterocycles. The number of aromatic amines is 2. The first-order chi connectivity index (χ1) is 4.20. The molecule has 0 spiro atoms. The summed E-state index contributed by atoms with van der Waals surface area (Å²) in [4.78, 5) is 25.3. The van der Waals surface area contributed by atoms with Crippen LogP contribution in [-0.2, 0) is 0 Å². The smallest absolute Gasteiger partial charge is 0.314 e. The molecule has 1 rings (SSSR count). The summed E-state index contributed by atoms with van der Waals surface area (Å²) in [5.41, 5.74) is -0.293. The standard InChI is InChI=1S/C5H6N2O2/c1-3-2-6-5(9)7-4(3)8/h2H,1H3,(H2,6,7,8,9)/i1+1,2+1,3+1,4+1,5+1. The van der Waals surface area contributed by atoms with Gasteiger partial charge in [-0.25, -0.2) is 4.79 Å². The maximum atomic E-state index is 10.6. The van der Waals surface area contributed by atoms with Crippen LogP contribution in [0.2, 0.25) is 0 Å². The molecule has 0 radical (unpaired) electrons. The van der Waals surface area contributed by atoms with Crippen molar-refractivity contribution in [1.82, 2.24) is 9.97 Å². The summed E-state index contributed by atoms with van der Waals surface area (Å²) in [5.74, 6) is 0. The lowest BCUT2D eigenvalue weighted by molar-refractivity contribution is 1.01. The van der Waals surface area contributed by atoms with Gasteiger partial charge in [-0.15, -0.1) is 0 Å². The highest BCUT2D eigenvalue weighted by atomic mass is 16.2. The molecule has 0 fully saturated rings. The first kappa shape index (κ1) is 5.81. The van der Waals surface area contributed by atoms with Crippen LogP contribution < -0.4 is 11.2 Å². The summed E-state index contributed by atoms with van der Waals surface area (Å²) >= 11 is 0. The van der Waals surface area contributed by atoms with Gasteiger partial charge in [-0.3, -0.25) is 9.78 Å². The van der Waals surface area contributed by atoms with Gasteiger partial charge in [-0.05, 0) is 6.92 Å². The molecule has 0 unspecified atom stereocenters. The van der Waals surface area contributed by atoms with E-state index in [0.29, 0.717) is 5.56 Å². The van der Waals surface area contributed by atoms with Crippen molar-refractivity contribution in [2.45, 2.75) is 6.92 Å². The Bertz CT molecular complexity index is 309. The van der Waals surface area contributed by atoms with Crippen molar-refractivity contribution in [3.05, 3.63) is 32.6 Å². The zero-order chi connectivity index (χ0) is 6.85. The second kappa shape index (κ2) is 1.89. The van der Waals surface area contributed by atoms with E-state index in [9.17, 15) is 9.59 Å². The van der Waals surface area contributed by atoms with Crippen molar-refractivity contribution < 1.29 is 0 Å². The third kappa shape index (κ3) is 1.07. The molecule has 9 heavy (non-hydrogen) atoms. The van der Waals surface area contributed by atoms with E-state index in [4.69, 9.17) is 0 Å². The SMILES string of the molecule is [13CH3][13c]1[13cH][nH][13c](=O)[nH][13c]1=O. The summed E-state index contributed by atoms with van der Waals surface area (Å²) in [5, 5.41) is 0. The normalized spacial score (nSPS) is 9.44. The second-order valence-electron chi connectivity index (χ2n) is 1.75. The minimum atomic E-state index is -0.467. The number of hydrogen-bond acceptors (Lipinski definition) is 2. The first-order valence-electron chi connectivity index (χ1n) is 2.49. The summed E-state index contributed by atoms with van der Waals surface area (Å²) in [6.45, 7) is 1.62. The van der Waals surface area contributed by atoms with Crippen molar-refractivity contribution in [2.75, 3.05) is 0 Å². The lowest BCUT2D eigenvalue weighted by Crippen LogP contribution is -2.22. The Kier molecular flexibility index (Phi) is 1.22. The Balaban J connectivity index is 3.52. The average molecular weight is 131 g/mol. The second-order valence-corrected chi connectivity index (χ2v) is 1.75. The van der Waals surface area contributed by atoms with Crippen molar-refractivity contribution in [1.29, 1.82) is 0 Å². The molecule has 0 aliphatic rings. The van der Waals surface area contributed by atoms with Crippen LogP contribution in [0.3, 0.4) is 0 Å². The van der Waals surface area contributed by atoms with Gasteiger partial charge in [0.15, 0.2) is 0 Å². The van der Waals surface area contributed by atoms with Crippen LogP contribution in [0.5, 0.6) is 0 Å². The zero-order valence-electron chi connectivity index (χ0n) is 4.89. The maximum Gasteiger partial charge on any atom is 0.325 e. The van der Waals surface area contributed by atoms with Crippen LogP contribution in [0.15, 0.2) is 15.8 Å². The molecule has 0 bridgehead atoms. The molecule has 0 aliphatic heterocycles. The fourth-order valence-corrected chi connectivity index (χ4v) is 0.477. The molecule has 0 amide bonds. The van der Waals surface area contributed by atoms with Crippen molar-refractivity contribution >= 4 is 0 Å². The Morgan fingerprint density at radius 2 is 2.11 bits per heavy atom. The minimum Gasteiger partial charge on any atom is -0.314 e. The van der Waals surface area contributed by atoms with Crippen molar-refractivity contribution in [3.63, 3.8) is 0 Å². The van der Waals surface area contributed by atoms with Crippen LogP contribution in [0, 0.1) is 6.92 Å². The Hall–Kier alpha value is -1.32. The highest BCUT2D eigenvalue weighted by Gasteiger charge is 1.88.